The fraction of sp³-hybridized carbons (Fsp3) is 0.400. The second-order valence-electron chi connectivity index (χ2n) is 3.52. The lowest BCUT2D eigenvalue weighted by molar-refractivity contribution is 0.418. The van der Waals surface area contributed by atoms with Crippen LogP contribution in [-0.4, -0.2) is 28.8 Å². The molecule has 0 radical (unpaired) electrons. The molecule has 0 unspecified atom stereocenters. The van der Waals surface area contributed by atoms with Crippen molar-refractivity contribution in [3.63, 3.8) is 0 Å². The molecule has 0 aliphatic heterocycles. The number of hydrogen-bond acceptors (Lipinski definition) is 4. The second kappa shape index (κ2) is 4.61. The fourth-order valence-electron chi connectivity index (χ4n) is 1.45. The number of benzene rings is 1. The van der Waals surface area contributed by atoms with Crippen molar-refractivity contribution >= 4 is 21.4 Å². The summed E-state index contributed by atoms with van der Waals surface area (Å²) >= 11 is 0. The number of rotatable bonds is 4. The molecule has 0 aliphatic rings. The lowest BCUT2D eigenvalue weighted by Crippen LogP contribution is -2.11. The van der Waals surface area contributed by atoms with Crippen LogP contribution in [-0.2, 0) is 10.0 Å². The maximum Gasteiger partial charge on any atom is 0.229 e. The van der Waals surface area contributed by atoms with Crippen molar-refractivity contribution in [2.24, 2.45) is 0 Å². The molecule has 0 aliphatic carbocycles. The first kappa shape index (κ1) is 12.6. The van der Waals surface area contributed by atoms with E-state index in [4.69, 9.17) is 4.74 Å². The zero-order valence-corrected chi connectivity index (χ0v) is 10.6. The fourth-order valence-corrected chi connectivity index (χ4v) is 2.01. The molecule has 0 aromatic heterocycles. The van der Waals surface area contributed by atoms with E-state index in [1.165, 1.54) is 7.11 Å². The summed E-state index contributed by atoms with van der Waals surface area (Å²) in [5.41, 5.74) is 2.12. The quantitative estimate of drug-likeness (QED) is 0.840. The van der Waals surface area contributed by atoms with Gasteiger partial charge in [-0.15, -0.1) is 0 Å². The highest BCUT2D eigenvalue weighted by Crippen LogP contribution is 2.34. The Bertz CT molecular complexity index is 483. The number of anilines is 2. The van der Waals surface area contributed by atoms with Gasteiger partial charge in [-0.2, -0.15) is 0 Å². The van der Waals surface area contributed by atoms with Gasteiger partial charge >= 0.3 is 0 Å². The van der Waals surface area contributed by atoms with Crippen molar-refractivity contribution in [3.05, 3.63) is 17.7 Å². The van der Waals surface area contributed by atoms with Crippen molar-refractivity contribution in [1.29, 1.82) is 0 Å². The summed E-state index contributed by atoms with van der Waals surface area (Å²) in [6.45, 7) is 1.88. The number of ether oxygens (including phenoxy) is 1. The van der Waals surface area contributed by atoms with E-state index in [2.05, 4.69) is 10.0 Å². The first-order valence-electron chi connectivity index (χ1n) is 4.71. The van der Waals surface area contributed by atoms with E-state index in [0.717, 1.165) is 17.5 Å². The van der Waals surface area contributed by atoms with Crippen LogP contribution < -0.4 is 14.8 Å². The Kier molecular flexibility index (Phi) is 3.64. The number of methoxy groups -OCH3 is 1. The van der Waals surface area contributed by atoms with E-state index in [9.17, 15) is 8.42 Å². The normalized spacial score (nSPS) is 11.0. The van der Waals surface area contributed by atoms with Crippen LogP contribution in [0.1, 0.15) is 5.56 Å². The molecule has 1 aromatic rings. The number of hydrogen-bond donors (Lipinski definition) is 2. The highest BCUT2D eigenvalue weighted by molar-refractivity contribution is 7.92. The highest BCUT2D eigenvalue weighted by Gasteiger charge is 2.12. The molecule has 6 heteroatoms. The molecule has 5 nitrogen and oxygen atoms in total. The Morgan fingerprint density at radius 1 is 1.25 bits per heavy atom. The van der Waals surface area contributed by atoms with Gasteiger partial charge in [0.2, 0.25) is 10.0 Å². The maximum absolute atomic E-state index is 11.2. The van der Waals surface area contributed by atoms with Crippen LogP contribution in [0.5, 0.6) is 5.75 Å². The van der Waals surface area contributed by atoms with E-state index in [1.807, 2.05) is 13.0 Å². The molecule has 90 valence electrons. The molecule has 16 heavy (non-hydrogen) atoms. The van der Waals surface area contributed by atoms with Crippen molar-refractivity contribution in [2.75, 3.05) is 30.5 Å². The third-order valence-electron chi connectivity index (χ3n) is 2.00. The van der Waals surface area contributed by atoms with E-state index < -0.39 is 10.0 Å². The minimum absolute atomic E-state index is 0.439. The van der Waals surface area contributed by atoms with E-state index >= 15 is 0 Å². The summed E-state index contributed by atoms with van der Waals surface area (Å²) in [5, 5.41) is 2.95. The maximum atomic E-state index is 11.2. The predicted octanol–water partition coefficient (Wildman–Crippen LogP) is 1.42. The highest BCUT2D eigenvalue weighted by atomic mass is 32.2. The first-order chi connectivity index (χ1) is 7.37. The van der Waals surface area contributed by atoms with Gasteiger partial charge in [0.1, 0.15) is 0 Å². The predicted molar refractivity (Wildman–Crippen MR) is 65.7 cm³/mol. The molecular weight excluding hydrogens is 228 g/mol. The summed E-state index contributed by atoms with van der Waals surface area (Å²) in [6.07, 6.45) is 1.10. The van der Waals surface area contributed by atoms with Crippen LogP contribution in [0.15, 0.2) is 12.1 Å². The summed E-state index contributed by atoms with van der Waals surface area (Å²) in [7, 11) is -0.0588. The molecule has 1 rings (SSSR count). The van der Waals surface area contributed by atoms with Crippen LogP contribution in [0.3, 0.4) is 0 Å². The van der Waals surface area contributed by atoms with Gasteiger partial charge in [0.15, 0.2) is 5.75 Å². The smallest absolute Gasteiger partial charge is 0.229 e. The summed E-state index contributed by atoms with van der Waals surface area (Å²) in [5.74, 6) is 0.485. The third-order valence-corrected chi connectivity index (χ3v) is 2.59. The molecule has 0 saturated carbocycles. The van der Waals surface area contributed by atoms with Crippen molar-refractivity contribution in [2.45, 2.75) is 6.92 Å². The van der Waals surface area contributed by atoms with Crippen molar-refractivity contribution < 1.29 is 13.2 Å². The molecule has 2 N–H and O–H groups in total. The van der Waals surface area contributed by atoms with Gasteiger partial charge in [-0.3, -0.25) is 4.72 Å². The molecule has 0 saturated heterocycles. The zero-order valence-electron chi connectivity index (χ0n) is 9.79. The lowest BCUT2D eigenvalue weighted by Gasteiger charge is -2.15. The first-order valence-corrected chi connectivity index (χ1v) is 6.60. The Balaban J connectivity index is 3.31. The molecule has 0 atom stereocenters. The van der Waals surface area contributed by atoms with Crippen LogP contribution >= 0.6 is 0 Å². The number of sulfonamides is 1. The van der Waals surface area contributed by atoms with E-state index in [0.29, 0.717) is 11.4 Å². The molecule has 0 bridgehead atoms. The van der Waals surface area contributed by atoms with Crippen LogP contribution in [0.25, 0.3) is 0 Å². The van der Waals surface area contributed by atoms with Crippen LogP contribution in [0, 0.1) is 6.92 Å². The molecule has 0 spiro atoms. The van der Waals surface area contributed by atoms with Gasteiger partial charge in [-0.1, -0.05) is 0 Å². The largest absolute Gasteiger partial charge is 0.492 e. The summed E-state index contributed by atoms with van der Waals surface area (Å²) < 4.78 is 30.0. The summed E-state index contributed by atoms with van der Waals surface area (Å²) in [4.78, 5) is 0. The van der Waals surface area contributed by atoms with E-state index in [-0.39, 0.29) is 0 Å². The topological polar surface area (TPSA) is 67.4 Å². The average molecular weight is 244 g/mol. The van der Waals surface area contributed by atoms with Crippen LogP contribution in [0.4, 0.5) is 11.4 Å². The SMILES string of the molecule is CNc1cc(C)cc(NS(C)(=O)=O)c1OC. The van der Waals surface area contributed by atoms with Gasteiger partial charge < -0.3 is 10.1 Å². The monoisotopic (exact) mass is 244 g/mol. The van der Waals surface area contributed by atoms with Gasteiger partial charge in [-0.25, -0.2) is 8.42 Å². The van der Waals surface area contributed by atoms with E-state index in [1.54, 1.807) is 13.1 Å². The average Bonchev–Trinajstić information content (AvgIpc) is 2.14. The minimum Gasteiger partial charge on any atom is -0.492 e. The Morgan fingerprint density at radius 2 is 1.81 bits per heavy atom. The third kappa shape index (κ3) is 3.03. The Labute approximate surface area is 95.9 Å². The number of nitrogens with one attached hydrogen (secondary N) is 2. The Morgan fingerprint density at radius 3 is 2.25 bits per heavy atom. The molecule has 0 fully saturated rings. The molecule has 0 heterocycles. The summed E-state index contributed by atoms with van der Waals surface area (Å²) in [6, 6.07) is 3.60. The minimum atomic E-state index is -3.31. The Hall–Kier alpha value is -1.43. The van der Waals surface area contributed by atoms with Gasteiger partial charge in [-0.05, 0) is 24.6 Å². The lowest BCUT2D eigenvalue weighted by atomic mass is 10.2. The molecular formula is C10H16N2O3S. The zero-order chi connectivity index (χ0) is 12.3. The van der Waals surface area contributed by atoms with Gasteiger partial charge in [0.25, 0.3) is 0 Å². The van der Waals surface area contributed by atoms with Crippen molar-refractivity contribution in [3.8, 4) is 5.75 Å². The number of aryl methyl sites for hydroxylation is 1. The van der Waals surface area contributed by atoms with Crippen LogP contribution in [0.2, 0.25) is 0 Å². The van der Waals surface area contributed by atoms with Gasteiger partial charge in [0.05, 0.1) is 24.7 Å². The molecule has 0 amide bonds. The molecule has 1 aromatic carbocycles. The van der Waals surface area contributed by atoms with Gasteiger partial charge in [0, 0.05) is 7.05 Å². The standard InChI is InChI=1S/C10H16N2O3S/c1-7-5-8(11-2)10(15-3)9(6-7)12-16(4,13)14/h5-6,11-12H,1-4H3. The second-order valence-corrected chi connectivity index (χ2v) is 5.27. The van der Waals surface area contributed by atoms with Crippen molar-refractivity contribution in [1.82, 2.24) is 0 Å².